The maximum absolute atomic E-state index is 13.6. The number of hydrogen-bond acceptors (Lipinski definition) is 4. The molecule has 31 heavy (non-hydrogen) atoms. The van der Waals surface area contributed by atoms with E-state index in [0.717, 1.165) is 26.5 Å². The normalized spacial score (nSPS) is 11.3. The van der Waals surface area contributed by atoms with Crippen LogP contribution in [0, 0.1) is 13.8 Å². The van der Waals surface area contributed by atoms with E-state index in [0.29, 0.717) is 17.4 Å². The summed E-state index contributed by atoms with van der Waals surface area (Å²) >= 11 is 3.37. The molecule has 0 N–H and O–H groups in total. The lowest BCUT2D eigenvalue weighted by molar-refractivity contribution is 0.0985. The van der Waals surface area contributed by atoms with Gasteiger partial charge in [0.2, 0.25) is 0 Å². The zero-order valence-electron chi connectivity index (χ0n) is 18.3. The van der Waals surface area contributed by atoms with Gasteiger partial charge in [-0.05, 0) is 60.9 Å². The van der Waals surface area contributed by atoms with E-state index < -0.39 is 0 Å². The van der Waals surface area contributed by atoms with Gasteiger partial charge in [-0.15, -0.1) is 11.8 Å². The van der Waals surface area contributed by atoms with Gasteiger partial charge in [-0.2, -0.15) is 0 Å². The monoisotopic (exact) mass is 446 g/mol. The summed E-state index contributed by atoms with van der Waals surface area (Å²) in [4.78, 5) is 21.4. The van der Waals surface area contributed by atoms with Gasteiger partial charge < -0.3 is 0 Å². The molecule has 0 unspecified atom stereocenters. The Morgan fingerprint density at radius 3 is 2.42 bits per heavy atom. The Bertz CT molecular complexity index is 1200. The van der Waals surface area contributed by atoms with Crippen molar-refractivity contribution in [1.82, 2.24) is 4.98 Å². The molecule has 0 aliphatic carbocycles. The average Bonchev–Trinajstić information content (AvgIpc) is 3.16. The minimum Gasteiger partial charge on any atom is -0.279 e. The molecule has 4 rings (SSSR count). The Balaban J connectivity index is 1.72. The minimum absolute atomic E-state index is 0.0293. The highest BCUT2D eigenvalue weighted by atomic mass is 32.2. The van der Waals surface area contributed by atoms with Crippen LogP contribution in [0.5, 0.6) is 0 Å². The van der Waals surface area contributed by atoms with Crippen LogP contribution in [0.2, 0.25) is 0 Å². The van der Waals surface area contributed by atoms with Crippen LogP contribution in [-0.4, -0.2) is 16.1 Å². The van der Waals surface area contributed by atoms with Gasteiger partial charge in [-0.25, -0.2) is 4.98 Å². The molecule has 4 aromatic rings. The summed E-state index contributed by atoms with van der Waals surface area (Å²) in [5.41, 5.74) is 5.07. The standard InChI is InChI=1S/C26H26N2OS2/c1-17(2)30-22-12-10-21(11-13-22)25(29)28(16-20-8-6-5-7-9-20)26-27-24-19(4)14-18(3)15-23(24)31-26/h5-15,17H,16H2,1-4H3. The van der Waals surface area contributed by atoms with E-state index in [1.807, 2.05) is 54.6 Å². The summed E-state index contributed by atoms with van der Waals surface area (Å²) < 4.78 is 1.11. The molecule has 0 spiro atoms. The number of carbonyl (C=O) groups excluding carboxylic acids is 1. The van der Waals surface area contributed by atoms with E-state index in [1.165, 1.54) is 10.5 Å². The molecule has 1 amide bonds. The summed E-state index contributed by atoms with van der Waals surface area (Å²) in [6.45, 7) is 8.99. The molecule has 0 aliphatic rings. The van der Waals surface area contributed by atoms with Crippen molar-refractivity contribution in [1.29, 1.82) is 0 Å². The van der Waals surface area contributed by atoms with Gasteiger partial charge in [0.1, 0.15) is 0 Å². The molecular weight excluding hydrogens is 420 g/mol. The third-order valence-electron chi connectivity index (χ3n) is 4.95. The van der Waals surface area contributed by atoms with Crippen LogP contribution in [0.15, 0.2) is 71.6 Å². The van der Waals surface area contributed by atoms with Gasteiger partial charge >= 0.3 is 0 Å². The van der Waals surface area contributed by atoms with Crippen molar-refractivity contribution in [3.05, 3.63) is 89.0 Å². The summed E-state index contributed by atoms with van der Waals surface area (Å²) in [7, 11) is 0. The van der Waals surface area contributed by atoms with Gasteiger partial charge in [-0.1, -0.05) is 61.6 Å². The first-order valence-electron chi connectivity index (χ1n) is 10.4. The van der Waals surface area contributed by atoms with E-state index >= 15 is 0 Å². The third-order valence-corrected chi connectivity index (χ3v) is 6.99. The predicted octanol–water partition coefficient (Wildman–Crippen LogP) is 7.26. The molecular formula is C26H26N2OS2. The highest BCUT2D eigenvalue weighted by Crippen LogP contribution is 2.33. The highest BCUT2D eigenvalue weighted by molar-refractivity contribution is 7.99. The topological polar surface area (TPSA) is 33.2 Å². The zero-order chi connectivity index (χ0) is 22.0. The predicted molar refractivity (Wildman–Crippen MR) is 133 cm³/mol. The maximum atomic E-state index is 13.6. The number of carbonyl (C=O) groups is 1. The molecule has 0 aliphatic heterocycles. The molecule has 0 saturated heterocycles. The van der Waals surface area contributed by atoms with Crippen molar-refractivity contribution in [2.75, 3.05) is 4.90 Å². The van der Waals surface area contributed by atoms with Gasteiger partial charge in [0, 0.05) is 15.7 Å². The van der Waals surface area contributed by atoms with Crippen LogP contribution in [0.1, 0.15) is 40.9 Å². The van der Waals surface area contributed by atoms with Crippen molar-refractivity contribution in [2.45, 2.75) is 44.4 Å². The molecule has 0 saturated carbocycles. The number of benzene rings is 3. The van der Waals surface area contributed by atoms with Crippen molar-refractivity contribution < 1.29 is 4.79 Å². The van der Waals surface area contributed by atoms with Gasteiger partial charge in [0.15, 0.2) is 5.13 Å². The lowest BCUT2D eigenvalue weighted by Gasteiger charge is -2.20. The molecule has 0 fully saturated rings. The van der Waals surface area contributed by atoms with Crippen LogP contribution in [0.25, 0.3) is 10.2 Å². The van der Waals surface area contributed by atoms with Crippen LogP contribution in [-0.2, 0) is 6.54 Å². The second-order valence-corrected chi connectivity index (χ2v) is 10.7. The molecule has 5 heteroatoms. The molecule has 0 atom stereocenters. The molecule has 0 radical (unpaired) electrons. The Morgan fingerprint density at radius 2 is 1.74 bits per heavy atom. The van der Waals surface area contributed by atoms with Crippen molar-refractivity contribution in [3.63, 3.8) is 0 Å². The average molecular weight is 447 g/mol. The Morgan fingerprint density at radius 1 is 1.03 bits per heavy atom. The maximum Gasteiger partial charge on any atom is 0.260 e. The summed E-state index contributed by atoms with van der Waals surface area (Å²) in [5.74, 6) is -0.0293. The fraction of sp³-hybridized carbons (Fsp3) is 0.231. The number of aryl methyl sites for hydroxylation is 2. The zero-order valence-corrected chi connectivity index (χ0v) is 19.9. The lowest BCUT2D eigenvalue weighted by Crippen LogP contribution is -2.30. The summed E-state index contributed by atoms with van der Waals surface area (Å²) in [6, 6.07) is 22.3. The number of hydrogen-bond donors (Lipinski definition) is 0. The largest absolute Gasteiger partial charge is 0.279 e. The van der Waals surface area contributed by atoms with Crippen LogP contribution < -0.4 is 4.90 Å². The Kier molecular flexibility index (Phi) is 6.44. The molecule has 1 heterocycles. The number of amides is 1. The fourth-order valence-electron chi connectivity index (χ4n) is 3.57. The first-order chi connectivity index (χ1) is 14.9. The van der Waals surface area contributed by atoms with E-state index in [1.54, 1.807) is 28.0 Å². The SMILES string of the molecule is Cc1cc(C)c2nc(N(Cc3ccccc3)C(=O)c3ccc(SC(C)C)cc3)sc2c1. The van der Waals surface area contributed by atoms with E-state index in [2.05, 4.69) is 39.8 Å². The van der Waals surface area contributed by atoms with E-state index in [9.17, 15) is 4.79 Å². The van der Waals surface area contributed by atoms with Gasteiger partial charge in [0.25, 0.3) is 5.91 Å². The molecule has 158 valence electrons. The summed E-state index contributed by atoms with van der Waals surface area (Å²) in [5, 5.41) is 1.24. The highest BCUT2D eigenvalue weighted by Gasteiger charge is 2.22. The van der Waals surface area contributed by atoms with Gasteiger partial charge in [0.05, 0.1) is 16.8 Å². The molecule has 0 bridgehead atoms. The van der Waals surface area contributed by atoms with Crippen molar-refractivity contribution >= 4 is 44.4 Å². The number of rotatable bonds is 6. The Labute approximate surface area is 192 Å². The van der Waals surface area contributed by atoms with Crippen LogP contribution >= 0.6 is 23.1 Å². The van der Waals surface area contributed by atoms with E-state index in [4.69, 9.17) is 4.98 Å². The summed E-state index contributed by atoms with van der Waals surface area (Å²) in [6.07, 6.45) is 0. The fourth-order valence-corrected chi connectivity index (χ4v) is 5.55. The van der Waals surface area contributed by atoms with Gasteiger partial charge in [-0.3, -0.25) is 9.69 Å². The first kappa shape index (κ1) is 21.6. The minimum atomic E-state index is -0.0293. The molecule has 3 aromatic carbocycles. The number of anilines is 1. The number of nitrogens with zero attached hydrogens (tertiary/aromatic N) is 2. The number of aromatic nitrogens is 1. The third kappa shape index (κ3) is 5.00. The molecule has 1 aromatic heterocycles. The Hall–Kier alpha value is -2.63. The smallest absolute Gasteiger partial charge is 0.260 e. The van der Waals surface area contributed by atoms with Crippen molar-refractivity contribution in [2.24, 2.45) is 0 Å². The lowest BCUT2D eigenvalue weighted by atomic mass is 10.1. The van der Waals surface area contributed by atoms with Crippen LogP contribution in [0.4, 0.5) is 5.13 Å². The first-order valence-corrected chi connectivity index (χ1v) is 12.1. The number of thiazole rings is 1. The number of fused-ring (bicyclic) bond motifs is 1. The quantitative estimate of drug-likeness (QED) is 0.292. The molecule has 3 nitrogen and oxygen atoms in total. The van der Waals surface area contributed by atoms with Crippen molar-refractivity contribution in [3.8, 4) is 0 Å². The van der Waals surface area contributed by atoms with E-state index in [-0.39, 0.29) is 5.91 Å². The second-order valence-electron chi connectivity index (χ2n) is 7.99. The number of thioether (sulfide) groups is 1. The second kappa shape index (κ2) is 9.25. The van der Waals surface area contributed by atoms with Crippen LogP contribution in [0.3, 0.4) is 0 Å².